The Bertz CT molecular complexity index is 423. The molecule has 1 atom stereocenters. The summed E-state index contributed by atoms with van der Waals surface area (Å²) in [5.41, 5.74) is 2.18. The molecule has 0 heterocycles. The van der Waals surface area contributed by atoms with Gasteiger partial charge in [-0.3, -0.25) is 0 Å². The molecule has 0 fully saturated rings. The van der Waals surface area contributed by atoms with Gasteiger partial charge in [0.2, 0.25) is 0 Å². The molecule has 0 radical (unpaired) electrons. The molecule has 120 valence electrons. The Labute approximate surface area is 143 Å². The minimum Gasteiger partial charge on any atom is -0.493 e. The van der Waals surface area contributed by atoms with E-state index < -0.39 is 0 Å². The lowest BCUT2D eigenvalue weighted by molar-refractivity contribution is 0.231. The molecule has 0 saturated heterocycles. The van der Waals surface area contributed by atoms with Gasteiger partial charge in [0.25, 0.3) is 0 Å². The fourth-order valence-corrected chi connectivity index (χ4v) is 3.45. The summed E-state index contributed by atoms with van der Waals surface area (Å²) >= 11 is 13.8. The molecule has 0 amide bonds. The first-order valence-corrected chi connectivity index (χ1v) is 9.93. The fourth-order valence-electron chi connectivity index (χ4n) is 2.28. The van der Waals surface area contributed by atoms with E-state index >= 15 is 0 Å². The maximum Gasteiger partial charge on any atom is 0.124 e. The summed E-state index contributed by atoms with van der Waals surface area (Å²) in [7, 11) is 0. The van der Waals surface area contributed by atoms with Crippen LogP contribution in [0.25, 0.3) is 0 Å². The van der Waals surface area contributed by atoms with Crippen LogP contribution in [0, 0.1) is 5.92 Å². The molecule has 1 aromatic rings. The summed E-state index contributed by atoms with van der Waals surface area (Å²) < 4.78 is 6.07. The second kappa shape index (κ2) is 10.6. The van der Waals surface area contributed by atoms with Crippen LogP contribution >= 0.6 is 35.0 Å². The third-order valence-corrected chi connectivity index (χ3v) is 5.17. The van der Waals surface area contributed by atoms with Crippen LogP contribution in [0.15, 0.2) is 17.0 Å². The smallest absolute Gasteiger partial charge is 0.124 e. The molecule has 0 saturated carbocycles. The van der Waals surface area contributed by atoms with Crippen molar-refractivity contribution >= 4 is 35.0 Å². The molecule has 1 nitrogen and oxygen atoms in total. The van der Waals surface area contributed by atoms with Crippen LogP contribution in [0.1, 0.15) is 50.7 Å². The molecule has 0 aliphatic rings. The quantitative estimate of drug-likeness (QED) is 0.353. The summed E-state index contributed by atoms with van der Waals surface area (Å²) in [5, 5.41) is 0. The average molecular weight is 349 g/mol. The molecule has 1 unspecified atom stereocenters. The highest BCUT2D eigenvalue weighted by atomic mass is 35.5. The highest BCUT2D eigenvalue weighted by Gasteiger charge is 2.12. The van der Waals surface area contributed by atoms with E-state index in [1.807, 2.05) is 0 Å². The lowest BCUT2D eigenvalue weighted by Gasteiger charge is -2.18. The monoisotopic (exact) mass is 348 g/mol. The number of halogens is 2. The number of ether oxygens (including phenoxy) is 1. The van der Waals surface area contributed by atoms with E-state index in [4.69, 9.17) is 27.9 Å². The van der Waals surface area contributed by atoms with E-state index in [-0.39, 0.29) is 0 Å². The van der Waals surface area contributed by atoms with E-state index in [9.17, 15) is 0 Å². The molecule has 1 rings (SSSR count). The number of unbranched alkanes of at least 4 members (excludes halogenated alkanes) is 1. The molecular formula is C17H26Cl2OS. The van der Waals surface area contributed by atoms with E-state index in [1.165, 1.54) is 24.2 Å². The molecule has 1 aromatic carbocycles. The van der Waals surface area contributed by atoms with Gasteiger partial charge in [-0.1, -0.05) is 33.1 Å². The van der Waals surface area contributed by atoms with E-state index in [1.54, 1.807) is 11.8 Å². The van der Waals surface area contributed by atoms with Gasteiger partial charge in [-0.2, -0.15) is 0 Å². The first-order valence-electron chi connectivity index (χ1n) is 7.64. The Morgan fingerprint density at radius 1 is 1.14 bits per heavy atom. The Balaban J connectivity index is 2.81. The predicted octanol–water partition coefficient (Wildman–Crippen LogP) is 6.48. The zero-order valence-electron chi connectivity index (χ0n) is 13.3. The first kappa shape index (κ1) is 19.0. The third kappa shape index (κ3) is 5.92. The molecule has 0 bridgehead atoms. The predicted molar refractivity (Wildman–Crippen MR) is 96.1 cm³/mol. The standard InChI is InChI=1S/C17H26Cl2OS/c1-4-6-7-13(5-2)12-20-16-8-15(11-19)17(21-3)9-14(16)10-18/h8-9,13H,4-7,10-12H2,1-3H3. The zero-order chi connectivity index (χ0) is 15.7. The SMILES string of the molecule is CCCCC(CC)COc1cc(CCl)c(SC)cc1CCl. The normalized spacial score (nSPS) is 12.4. The summed E-state index contributed by atoms with van der Waals surface area (Å²) in [4.78, 5) is 1.19. The molecule has 0 spiro atoms. The topological polar surface area (TPSA) is 9.23 Å². The van der Waals surface area contributed by atoms with E-state index in [0.29, 0.717) is 17.7 Å². The minimum absolute atomic E-state index is 0.469. The molecule has 0 aromatic heterocycles. The molecule has 0 aliphatic carbocycles. The lowest BCUT2D eigenvalue weighted by Crippen LogP contribution is -2.12. The Hall–Kier alpha value is -0.0500. The number of hydrogen-bond acceptors (Lipinski definition) is 2. The largest absolute Gasteiger partial charge is 0.493 e. The second-order valence-electron chi connectivity index (χ2n) is 5.27. The van der Waals surface area contributed by atoms with Gasteiger partial charge in [0, 0.05) is 16.3 Å². The number of benzene rings is 1. The van der Waals surface area contributed by atoms with Crippen LogP contribution in [0.4, 0.5) is 0 Å². The van der Waals surface area contributed by atoms with Gasteiger partial charge >= 0.3 is 0 Å². The van der Waals surface area contributed by atoms with Gasteiger partial charge in [0.1, 0.15) is 5.75 Å². The van der Waals surface area contributed by atoms with E-state index in [0.717, 1.165) is 29.9 Å². The van der Waals surface area contributed by atoms with Crippen molar-refractivity contribution in [3.8, 4) is 5.75 Å². The van der Waals surface area contributed by atoms with Crippen LogP contribution in [-0.2, 0) is 11.8 Å². The number of thioether (sulfide) groups is 1. The molecule has 4 heteroatoms. The van der Waals surface area contributed by atoms with Crippen LogP contribution in [0.3, 0.4) is 0 Å². The third-order valence-electron chi connectivity index (χ3n) is 3.77. The Morgan fingerprint density at radius 2 is 1.86 bits per heavy atom. The van der Waals surface area contributed by atoms with Crippen LogP contribution in [0.5, 0.6) is 5.75 Å². The summed E-state index contributed by atoms with van der Waals surface area (Å²) in [6, 6.07) is 4.17. The number of alkyl halides is 2. The molecule has 0 aliphatic heterocycles. The lowest BCUT2D eigenvalue weighted by atomic mass is 10.0. The van der Waals surface area contributed by atoms with E-state index in [2.05, 4.69) is 32.2 Å². The second-order valence-corrected chi connectivity index (χ2v) is 6.65. The highest BCUT2D eigenvalue weighted by Crippen LogP contribution is 2.32. The Kier molecular flexibility index (Phi) is 9.62. The van der Waals surface area contributed by atoms with Crippen LogP contribution in [0.2, 0.25) is 0 Å². The molecule has 0 N–H and O–H groups in total. The van der Waals surface area contributed by atoms with Crippen molar-refractivity contribution in [2.75, 3.05) is 12.9 Å². The van der Waals surface area contributed by atoms with Crippen molar-refractivity contribution in [2.24, 2.45) is 5.92 Å². The van der Waals surface area contributed by atoms with Gasteiger partial charge in [0.15, 0.2) is 0 Å². The van der Waals surface area contributed by atoms with Crippen LogP contribution in [-0.4, -0.2) is 12.9 Å². The fraction of sp³-hybridized carbons (Fsp3) is 0.647. The van der Waals surface area contributed by atoms with Crippen molar-refractivity contribution in [1.29, 1.82) is 0 Å². The van der Waals surface area contributed by atoms with Crippen molar-refractivity contribution in [1.82, 2.24) is 0 Å². The van der Waals surface area contributed by atoms with Crippen molar-refractivity contribution in [3.05, 3.63) is 23.3 Å². The van der Waals surface area contributed by atoms with Gasteiger partial charge in [-0.15, -0.1) is 35.0 Å². The minimum atomic E-state index is 0.469. The summed E-state index contributed by atoms with van der Waals surface area (Å²) in [6.07, 6.45) is 6.95. The number of rotatable bonds is 10. The van der Waals surface area contributed by atoms with Gasteiger partial charge in [0.05, 0.1) is 12.5 Å². The zero-order valence-corrected chi connectivity index (χ0v) is 15.6. The van der Waals surface area contributed by atoms with Gasteiger partial charge < -0.3 is 4.74 Å². The van der Waals surface area contributed by atoms with Gasteiger partial charge in [-0.05, 0) is 36.3 Å². The molecule has 21 heavy (non-hydrogen) atoms. The maximum absolute atomic E-state index is 6.07. The first-order chi connectivity index (χ1) is 10.2. The summed E-state index contributed by atoms with van der Waals surface area (Å²) in [5.74, 6) is 2.49. The Morgan fingerprint density at radius 3 is 2.38 bits per heavy atom. The number of hydrogen-bond donors (Lipinski definition) is 0. The van der Waals surface area contributed by atoms with Crippen LogP contribution < -0.4 is 4.74 Å². The van der Waals surface area contributed by atoms with Crippen molar-refractivity contribution in [2.45, 2.75) is 56.2 Å². The summed E-state index contributed by atoms with van der Waals surface area (Å²) in [6.45, 7) is 5.22. The van der Waals surface area contributed by atoms with Crippen molar-refractivity contribution < 1.29 is 4.74 Å². The average Bonchev–Trinajstić information content (AvgIpc) is 2.54. The van der Waals surface area contributed by atoms with Crippen molar-refractivity contribution in [3.63, 3.8) is 0 Å². The highest BCUT2D eigenvalue weighted by molar-refractivity contribution is 7.98. The maximum atomic E-state index is 6.07. The molecular weight excluding hydrogens is 323 g/mol. The van der Waals surface area contributed by atoms with Gasteiger partial charge in [-0.25, -0.2) is 0 Å².